The minimum absolute atomic E-state index is 0.0446. The number of para-hydroxylation sites is 1. The van der Waals surface area contributed by atoms with Crippen LogP contribution in [-0.2, 0) is 6.42 Å². The topological polar surface area (TPSA) is 51.1 Å². The van der Waals surface area contributed by atoms with E-state index in [1.807, 2.05) is 35.4 Å². The molecule has 0 N–H and O–H groups in total. The van der Waals surface area contributed by atoms with Crippen LogP contribution in [0.25, 0.3) is 0 Å². The van der Waals surface area contributed by atoms with Crippen LogP contribution in [-0.4, -0.2) is 31.9 Å². The maximum absolute atomic E-state index is 13.4. The Hall–Kier alpha value is -2.82. The van der Waals surface area contributed by atoms with E-state index in [1.54, 1.807) is 13.2 Å². The predicted octanol–water partition coefficient (Wildman–Crippen LogP) is 5.33. The molecule has 0 saturated heterocycles. The molecule has 4 rings (SSSR count). The van der Waals surface area contributed by atoms with Crippen LogP contribution in [0.15, 0.2) is 41.4 Å². The lowest BCUT2D eigenvalue weighted by Gasteiger charge is -2.22. The molecule has 0 saturated carbocycles. The molecule has 2 heterocycles. The van der Waals surface area contributed by atoms with Gasteiger partial charge in [0.25, 0.3) is 5.91 Å². The third-order valence-corrected chi connectivity index (χ3v) is 5.63. The number of anilines is 1. The number of hydrogen-bond donors (Lipinski definition) is 0. The van der Waals surface area contributed by atoms with Crippen molar-refractivity contribution in [1.82, 2.24) is 0 Å². The van der Waals surface area contributed by atoms with Gasteiger partial charge >= 0.3 is 0 Å². The predicted molar refractivity (Wildman–Crippen MR) is 116 cm³/mol. The Morgan fingerprint density at radius 2 is 1.93 bits per heavy atom. The molecule has 2 aromatic carbocycles. The maximum Gasteiger partial charge on any atom is 0.261 e. The minimum atomic E-state index is -0.0544. The van der Waals surface area contributed by atoms with Crippen LogP contribution in [0.2, 0.25) is 0 Å². The first-order chi connectivity index (χ1) is 14.2. The average Bonchev–Trinajstić information content (AvgIpc) is 3.06. The summed E-state index contributed by atoms with van der Waals surface area (Å²) in [5.41, 5.74) is 3.33. The van der Waals surface area contributed by atoms with Crippen LogP contribution < -0.4 is 14.4 Å². The minimum Gasteiger partial charge on any atom is -0.493 e. The molecule has 0 spiro atoms. The zero-order valence-electron chi connectivity index (χ0n) is 17.2. The molecule has 2 aliphatic rings. The van der Waals surface area contributed by atoms with Gasteiger partial charge in [-0.3, -0.25) is 14.7 Å². The fraction of sp³-hybridized carbons (Fsp3) is 0.417. The summed E-state index contributed by atoms with van der Waals surface area (Å²) >= 11 is 0. The SMILES string of the molecule is CCCCCCCOc1cc2c(cc1OC)C(=O)N1c3ccccc3CC1C=N2. The van der Waals surface area contributed by atoms with Crippen LogP contribution in [0.4, 0.5) is 11.4 Å². The lowest BCUT2D eigenvalue weighted by molar-refractivity contribution is 0.0986. The Morgan fingerprint density at radius 1 is 1.10 bits per heavy atom. The Kier molecular flexibility index (Phi) is 5.84. The molecule has 152 valence electrons. The molecule has 0 fully saturated rings. The molecule has 2 aliphatic heterocycles. The van der Waals surface area contributed by atoms with Gasteiger partial charge in [0.2, 0.25) is 0 Å². The molecule has 1 amide bonds. The number of carbonyl (C=O) groups excluding carboxylic acids is 1. The number of ether oxygens (including phenoxy) is 2. The summed E-state index contributed by atoms with van der Waals surface area (Å²) in [5, 5.41) is 0. The highest BCUT2D eigenvalue weighted by atomic mass is 16.5. The van der Waals surface area contributed by atoms with E-state index in [9.17, 15) is 4.79 Å². The molecule has 29 heavy (non-hydrogen) atoms. The van der Waals surface area contributed by atoms with E-state index >= 15 is 0 Å². The quantitative estimate of drug-likeness (QED) is 0.571. The third-order valence-electron chi connectivity index (χ3n) is 5.63. The van der Waals surface area contributed by atoms with Crippen molar-refractivity contribution in [1.29, 1.82) is 0 Å². The van der Waals surface area contributed by atoms with Gasteiger partial charge < -0.3 is 9.47 Å². The molecular weight excluding hydrogens is 364 g/mol. The maximum atomic E-state index is 13.4. The zero-order valence-corrected chi connectivity index (χ0v) is 17.2. The summed E-state index contributed by atoms with van der Waals surface area (Å²) in [4.78, 5) is 19.9. The van der Waals surface area contributed by atoms with Gasteiger partial charge in [0, 0.05) is 24.4 Å². The lowest BCUT2D eigenvalue weighted by atomic mass is 10.1. The fourth-order valence-corrected chi connectivity index (χ4v) is 4.08. The summed E-state index contributed by atoms with van der Waals surface area (Å²) in [6, 6.07) is 11.6. The highest BCUT2D eigenvalue weighted by molar-refractivity contribution is 6.14. The molecule has 5 nitrogen and oxygen atoms in total. The Bertz CT molecular complexity index is 922. The first kappa shape index (κ1) is 19.5. The summed E-state index contributed by atoms with van der Waals surface area (Å²) in [6.07, 6.45) is 8.57. The van der Waals surface area contributed by atoms with E-state index < -0.39 is 0 Å². The number of benzene rings is 2. The van der Waals surface area contributed by atoms with E-state index in [0.717, 1.165) is 24.9 Å². The van der Waals surface area contributed by atoms with Crippen molar-refractivity contribution < 1.29 is 14.3 Å². The fourth-order valence-electron chi connectivity index (χ4n) is 4.08. The first-order valence-electron chi connectivity index (χ1n) is 10.5. The number of methoxy groups -OCH3 is 1. The average molecular weight is 392 g/mol. The Balaban J connectivity index is 1.56. The van der Waals surface area contributed by atoms with Crippen LogP contribution >= 0.6 is 0 Å². The summed E-state index contributed by atoms with van der Waals surface area (Å²) < 4.78 is 11.5. The molecule has 0 radical (unpaired) electrons. The van der Waals surface area contributed by atoms with Gasteiger partial charge in [0.05, 0.1) is 31.0 Å². The molecule has 0 aromatic heterocycles. The van der Waals surface area contributed by atoms with Crippen LogP contribution in [0.5, 0.6) is 11.5 Å². The van der Waals surface area contributed by atoms with Crippen LogP contribution in [0.3, 0.4) is 0 Å². The third kappa shape index (κ3) is 3.86. The van der Waals surface area contributed by atoms with Crippen molar-refractivity contribution in [3.63, 3.8) is 0 Å². The van der Waals surface area contributed by atoms with E-state index in [-0.39, 0.29) is 11.9 Å². The number of nitrogens with zero attached hydrogens (tertiary/aromatic N) is 2. The van der Waals surface area contributed by atoms with E-state index in [1.165, 1.54) is 24.8 Å². The molecule has 0 bridgehead atoms. The van der Waals surface area contributed by atoms with Crippen molar-refractivity contribution in [2.24, 2.45) is 4.99 Å². The van der Waals surface area contributed by atoms with Crippen molar-refractivity contribution >= 4 is 23.5 Å². The molecule has 1 atom stereocenters. The first-order valence-corrected chi connectivity index (χ1v) is 10.5. The lowest BCUT2D eigenvalue weighted by Crippen LogP contribution is -2.37. The van der Waals surface area contributed by atoms with Gasteiger partial charge in [-0.1, -0.05) is 50.8 Å². The van der Waals surface area contributed by atoms with Gasteiger partial charge in [0.15, 0.2) is 11.5 Å². The van der Waals surface area contributed by atoms with Gasteiger partial charge in [-0.25, -0.2) is 0 Å². The van der Waals surface area contributed by atoms with Crippen LogP contribution in [0, 0.1) is 0 Å². The zero-order chi connectivity index (χ0) is 20.2. The van der Waals surface area contributed by atoms with Crippen molar-refractivity contribution in [2.45, 2.75) is 51.5 Å². The Morgan fingerprint density at radius 3 is 2.76 bits per heavy atom. The smallest absolute Gasteiger partial charge is 0.261 e. The second-order valence-corrected chi connectivity index (χ2v) is 7.64. The standard InChI is InChI=1S/C24H28N2O3/c1-3-4-5-6-9-12-29-23-15-20-19(14-22(23)28-2)24(27)26-18(16-25-20)13-17-10-7-8-11-21(17)26/h7-8,10-11,14-16,18H,3-6,9,12-13H2,1-2H3. The highest BCUT2D eigenvalue weighted by Crippen LogP contribution is 2.40. The molecule has 2 aromatic rings. The molecule has 0 aliphatic carbocycles. The number of amides is 1. The molecule has 1 unspecified atom stereocenters. The summed E-state index contributed by atoms with van der Waals surface area (Å²) in [5.74, 6) is 1.18. The van der Waals surface area contributed by atoms with Crippen molar-refractivity contribution in [3.8, 4) is 11.5 Å². The number of hydrogen-bond acceptors (Lipinski definition) is 4. The summed E-state index contributed by atoms with van der Waals surface area (Å²) in [7, 11) is 1.61. The number of aliphatic imine (C=N–C) groups is 1. The summed E-state index contributed by atoms with van der Waals surface area (Å²) in [6.45, 7) is 2.85. The number of rotatable bonds is 8. The second-order valence-electron chi connectivity index (χ2n) is 7.64. The Labute approximate surface area is 172 Å². The highest BCUT2D eigenvalue weighted by Gasteiger charge is 2.36. The van der Waals surface area contributed by atoms with Gasteiger partial charge in [-0.05, 0) is 24.1 Å². The normalized spacial score (nSPS) is 16.8. The van der Waals surface area contributed by atoms with Gasteiger partial charge in [-0.15, -0.1) is 0 Å². The number of unbranched alkanes of at least 4 members (excludes halogenated alkanes) is 4. The van der Waals surface area contributed by atoms with Gasteiger partial charge in [0.1, 0.15) is 0 Å². The van der Waals surface area contributed by atoms with E-state index in [2.05, 4.69) is 18.0 Å². The van der Waals surface area contributed by atoms with Gasteiger partial charge in [-0.2, -0.15) is 0 Å². The molecule has 5 heteroatoms. The number of fused-ring (bicyclic) bond motifs is 4. The van der Waals surface area contributed by atoms with Crippen LogP contribution in [0.1, 0.15) is 54.9 Å². The second kappa shape index (κ2) is 8.68. The molecular formula is C24H28N2O3. The van der Waals surface area contributed by atoms with Crippen molar-refractivity contribution in [2.75, 3.05) is 18.6 Å². The largest absolute Gasteiger partial charge is 0.493 e. The van der Waals surface area contributed by atoms with Crippen molar-refractivity contribution in [3.05, 3.63) is 47.5 Å². The van der Waals surface area contributed by atoms with E-state index in [4.69, 9.17) is 9.47 Å². The number of carbonyl (C=O) groups is 1. The monoisotopic (exact) mass is 392 g/mol. The van der Waals surface area contributed by atoms with E-state index in [0.29, 0.717) is 29.4 Å².